The summed E-state index contributed by atoms with van der Waals surface area (Å²) in [6.07, 6.45) is -0.0341. The molecule has 0 unspecified atom stereocenters. The van der Waals surface area contributed by atoms with E-state index in [9.17, 15) is 0 Å². The van der Waals surface area contributed by atoms with Gasteiger partial charge in [-0.1, -0.05) is 29.8 Å². The Morgan fingerprint density at radius 1 is 1.25 bits per heavy atom. The highest BCUT2D eigenvalue weighted by Gasteiger charge is 2.07. The highest BCUT2D eigenvalue weighted by molar-refractivity contribution is 6.31. The number of anilines is 2. The van der Waals surface area contributed by atoms with E-state index >= 15 is 0 Å². The van der Waals surface area contributed by atoms with E-state index in [0.717, 1.165) is 5.56 Å². The molecule has 2 rings (SSSR count). The van der Waals surface area contributed by atoms with Crippen molar-refractivity contribution >= 4 is 23.5 Å². The van der Waals surface area contributed by atoms with Crippen molar-refractivity contribution in [3.63, 3.8) is 0 Å². The average molecular weight is 294 g/mol. The molecule has 1 heterocycles. The van der Waals surface area contributed by atoms with E-state index in [1.165, 1.54) is 0 Å². The fourth-order valence-electron chi connectivity index (χ4n) is 1.53. The van der Waals surface area contributed by atoms with Crippen LogP contribution in [-0.2, 0) is 6.54 Å². The summed E-state index contributed by atoms with van der Waals surface area (Å²) in [7, 11) is 0. The number of nitrogens with two attached hydrogens (primary N) is 1. The predicted octanol–water partition coefficient (Wildman–Crippen LogP) is 2.51. The SMILES string of the molecule is CC(C)Oc1nc(N)nc(NCc2ccccc2Cl)n1. The largest absolute Gasteiger partial charge is 0.461 e. The van der Waals surface area contributed by atoms with Gasteiger partial charge in [0, 0.05) is 11.6 Å². The van der Waals surface area contributed by atoms with Gasteiger partial charge in [-0.25, -0.2) is 0 Å². The van der Waals surface area contributed by atoms with Gasteiger partial charge in [0.15, 0.2) is 0 Å². The molecule has 0 fully saturated rings. The summed E-state index contributed by atoms with van der Waals surface area (Å²) in [6.45, 7) is 4.26. The van der Waals surface area contributed by atoms with Crippen LogP contribution in [-0.4, -0.2) is 21.1 Å². The van der Waals surface area contributed by atoms with Gasteiger partial charge in [0.2, 0.25) is 11.9 Å². The normalized spacial score (nSPS) is 10.6. The highest BCUT2D eigenvalue weighted by atomic mass is 35.5. The Morgan fingerprint density at radius 3 is 2.70 bits per heavy atom. The molecule has 0 saturated heterocycles. The second-order valence-electron chi connectivity index (χ2n) is 4.41. The van der Waals surface area contributed by atoms with E-state index in [-0.39, 0.29) is 18.1 Å². The Bertz CT molecular complexity index is 591. The molecule has 106 valence electrons. The standard InChI is InChI=1S/C13H16ClN5O/c1-8(2)20-13-18-11(15)17-12(19-13)16-7-9-5-3-4-6-10(9)14/h3-6,8H,7H2,1-2H3,(H3,15,16,17,18,19). The first-order valence-corrected chi connectivity index (χ1v) is 6.58. The third-order valence-electron chi connectivity index (χ3n) is 2.37. The van der Waals surface area contributed by atoms with Crippen LogP contribution in [0.3, 0.4) is 0 Å². The molecular weight excluding hydrogens is 278 g/mol. The number of nitrogen functional groups attached to an aromatic ring is 1. The summed E-state index contributed by atoms with van der Waals surface area (Å²) in [4.78, 5) is 12.1. The number of hydrogen-bond donors (Lipinski definition) is 2. The zero-order chi connectivity index (χ0) is 14.5. The Hall–Kier alpha value is -2.08. The van der Waals surface area contributed by atoms with Gasteiger partial charge in [0.25, 0.3) is 0 Å². The van der Waals surface area contributed by atoms with Gasteiger partial charge in [-0.15, -0.1) is 0 Å². The molecule has 1 aromatic heterocycles. The van der Waals surface area contributed by atoms with Crippen molar-refractivity contribution in [2.75, 3.05) is 11.1 Å². The Morgan fingerprint density at radius 2 is 2.00 bits per heavy atom. The fraction of sp³-hybridized carbons (Fsp3) is 0.308. The number of hydrogen-bond acceptors (Lipinski definition) is 6. The smallest absolute Gasteiger partial charge is 0.323 e. The van der Waals surface area contributed by atoms with Gasteiger partial charge in [0.05, 0.1) is 6.10 Å². The number of nitrogens with zero attached hydrogens (tertiary/aromatic N) is 3. The van der Waals surface area contributed by atoms with Crippen LogP contribution < -0.4 is 15.8 Å². The summed E-state index contributed by atoms with van der Waals surface area (Å²) in [5.74, 6) is 0.463. The molecule has 0 aliphatic carbocycles. The third kappa shape index (κ3) is 3.96. The minimum Gasteiger partial charge on any atom is -0.461 e. The minimum atomic E-state index is -0.0341. The average Bonchev–Trinajstić information content (AvgIpc) is 2.36. The summed E-state index contributed by atoms with van der Waals surface area (Å²) in [6, 6.07) is 7.74. The van der Waals surface area contributed by atoms with E-state index in [4.69, 9.17) is 22.1 Å². The van der Waals surface area contributed by atoms with Crippen LogP contribution in [0.4, 0.5) is 11.9 Å². The Labute approximate surface area is 122 Å². The summed E-state index contributed by atoms with van der Waals surface area (Å²) in [5.41, 5.74) is 6.57. The quantitative estimate of drug-likeness (QED) is 0.881. The molecule has 0 aliphatic rings. The second kappa shape index (κ2) is 6.38. The number of ether oxygens (including phenoxy) is 1. The first kappa shape index (κ1) is 14.3. The van der Waals surface area contributed by atoms with Gasteiger partial charge in [-0.2, -0.15) is 15.0 Å². The maximum atomic E-state index is 6.08. The number of benzene rings is 1. The first-order valence-electron chi connectivity index (χ1n) is 6.20. The molecule has 20 heavy (non-hydrogen) atoms. The van der Waals surface area contributed by atoms with E-state index in [1.54, 1.807) is 0 Å². The zero-order valence-electron chi connectivity index (χ0n) is 11.3. The molecule has 0 amide bonds. The molecule has 7 heteroatoms. The molecule has 2 aromatic rings. The van der Waals surface area contributed by atoms with Crippen molar-refractivity contribution in [3.05, 3.63) is 34.9 Å². The molecule has 0 radical (unpaired) electrons. The van der Waals surface area contributed by atoms with E-state index in [1.807, 2.05) is 38.1 Å². The summed E-state index contributed by atoms with van der Waals surface area (Å²) in [5, 5.41) is 3.73. The van der Waals surface area contributed by atoms with Gasteiger partial charge in [-0.05, 0) is 25.5 Å². The van der Waals surface area contributed by atoms with Crippen LogP contribution in [0.15, 0.2) is 24.3 Å². The van der Waals surface area contributed by atoms with Crippen molar-refractivity contribution in [2.45, 2.75) is 26.5 Å². The third-order valence-corrected chi connectivity index (χ3v) is 2.74. The monoisotopic (exact) mass is 293 g/mol. The van der Waals surface area contributed by atoms with Crippen LogP contribution in [0, 0.1) is 0 Å². The molecule has 3 N–H and O–H groups in total. The predicted molar refractivity (Wildman–Crippen MR) is 78.8 cm³/mol. The number of rotatable bonds is 5. The number of halogens is 1. The highest BCUT2D eigenvalue weighted by Crippen LogP contribution is 2.17. The molecule has 0 saturated carbocycles. The molecule has 1 aromatic carbocycles. The van der Waals surface area contributed by atoms with Crippen molar-refractivity contribution in [1.82, 2.24) is 15.0 Å². The fourth-order valence-corrected chi connectivity index (χ4v) is 1.73. The van der Waals surface area contributed by atoms with Crippen LogP contribution >= 0.6 is 11.6 Å². The van der Waals surface area contributed by atoms with Gasteiger partial charge in [-0.3, -0.25) is 0 Å². The molecular formula is C13H16ClN5O. The topological polar surface area (TPSA) is 86.0 Å². The summed E-state index contributed by atoms with van der Waals surface area (Å²) >= 11 is 6.08. The van der Waals surface area contributed by atoms with Gasteiger partial charge < -0.3 is 15.8 Å². The lowest BCUT2D eigenvalue weighted by atomic mass is 10.2. The van der Waals surface area contributed by atoms with Crippen LogP contribution in [0.2, 0.25) is 5.02 Å². The van der Waals surface area contributed by atoms with Crippen LogP contribution in [0.1, 0.15) is 19.4 Å². The molecule has 6 nitrogen and oxygen atoms in total. The van der Waals surface area contributed by atoms with E-state index in [0.29, 0.717) is 17.5 Å². The molecule has 0 aliphatic heterocycles. The number of nitrogens with one attached hydrogen (secondary N) is 1. The molecule has 0 atom stereocenters. The van der Waals surface area contributed by atoms with Crippen molar-refractivity contribution in [3.8, 4) is 6.01 Å². The lowest BCUT2D eigenvalue weighted by Gasteiger charge is -2.10. The maximum Gasteiger partial charge on any atom is 0.323 e. The van der Waals surface area contributed by atoms with Crippen LogP contribution in [0.5, 0.6) is 6.01 Å². The lowest BCUT2D eigenvalue weighted by molar-refractivity contribution is 0.222. The maximum absolute atomic E-state index is 6.08. The van der Waals surface area contributed by atoms with Crippen molar-refractivity contribution in [2.24, 2.45) is 0 Å². The first-order chi connectivity index (χ1) is 9.54. The molecule has 0 spiro atoms. The van der Waals surface area contributed by atoms with Crippen LogP contribution in [0.25, 0.3) is 0 Å². The second-order valence-corrected chi connectivity index (χ2v) is 4.82. The van der Waals surface area contributed by atoms with Gasteiger partial charge >= 0.3 is 6.01 Å². The summed E-state index contributed by atoms with van der Waals surface area (Å²) < 4.78 is 5.40. The molecule has 0 bridgehead atoms. The van der Waals surface area contributed by atoms with E-state index in [2.05, 4.69) is 20.3 Å². The lowest BCUT2D eigenvalue weighted by Crippen LogP contribution is -2.13. The van der Waals surface area contributed by atoms with Crippen molar-refractivity contribution < 1.29 is 4.74 Å². The minimum absolute atomic E-state index is 0.0341. The Kier molecular flexibility index (Phi) is 4.57. The Balaban J connectivity index is 2.09. The van der Waals surface area contributed by atoms with Gasteiger partial charge in [0.1, 0.15) is 0 Å². The number of aromatic nitrogens is 3. The zero-order valence-corrected chi connectivity index (χ0v) is 12.1. The van der Waals surface area contributed by atoms with E-state index < -0.39 is 0 Å². The van der Waals surface area contributed by atoms with Crippen molar-refractivity contribution in [1.29, 1.82) is 0 Å².